The minimum atomic E-state index is -0.630. The van der Waals surface area contributed by atoms with E-state index >= 15 is 0 Å². The average molecular weight is 430 g/mol. The number of anilines is 1. The van der Waals surface area contributed by atoms with E-state index < -0.39 is 12.1 Å². The summed E-state index contributed by atoms with van der Waals surface area (Å²) in [4.78, 5) is 31.1. The number of likely N-dealkylation sites (tertiary alicyclic amines) is 1. The third-order valence-corrected chi connectivity index (χ3v) is 6.88. The van der Waals surface area contributed by atoms with Crippen LogP contribution >= 0.6 is 0 Å². The lowest BCUT2D eigenvalue weighted by Crippen LogP contribution is -2.51. The number of amides is 2. The molecular formula is C23H31N3O5. The van der Waals surface area contributed by atoms with E-state index in [-0.39, 0.29) is 18.6 Å². The summed E-state index contributed by atoms with van der Waals surface area (Å²) in [6.45, 7) is 4.67. The number of rotatable bonds is 5. The Labute approximate surface area is 183 Å². The summed E-state index contributed by atoms with van der Waals surface area (Å²) in [7, 11) is 0. The maximum Gasteiger partial charge on any atom is 0.415 e. The zero-order valence-electron chi connectivity index (χ0n) is 17.9. The van der Waals surface area contributed by atoms with Crippen molar-refractivity contribution in [3.05, 3.63) is 24.3 Å². The molecule has 31 heavy (non-hydrogen) atoms. The maximum absolute atomic E-state index is 12.9. The van der Waals surface area contributed by atoms with Crippen LogP contribution in [0.3, 0.4) is 0 Å². The number of ether oxygens (including phenoxy) is 3. The third kappa shape index (κ3) is 4.36. The van der Waals surface area contributed by atoms with Crippen molar-refractivity contribution in [3.63, 3.8) is 0 Å². The quantitative estimate of drug-likeness (QED) is 0.715. The van der Waals surface area contributed by atoms with Gasteiger partial charge in [0.15, 0.2) is 6.04 Å². The Bertz CT molecular complexity index is 783. The topological polar surface area (TPSA) is 71.6 Å². The lowest BCUT2D eigenvalue weighted by Gasteiger charge is -2.44. The van der Waals surface area contributed by atoms with Gasteiger partial charge in [0.05, 0.1) is 13.2 Å². The van der Waals surface area contributed by atoms with Gasteiger partial charge in [0.25, 0.3) is 0 Å². The molecule has 1 aliphatic carbocycles. The molecule has 4 aliphatic rings. The Morgan fingerprint density at radius 3 is 2.39 bits per heavy atom. The van der Waals surface area contributed by atoms with Gasteiger partial charge >= 0.3 is 6.09 Å². The van der Waals surface area contributed by atoms with Crippen molar-refractivity contribution in [2.24, 2.45) is 0 Å². The van der Waals surface area contributed by atoms with Gasteiger partial charge in [-0.3, -0.25) is 9.69 Å². The molecule has 0 N–H and O–H groups in total. The summed E-state index contributed by atoms with van der Waals surface area (Å²) in [6.07, 6.45) is 5.93. The highest BCUT2D eigenvalue weighted by molar-refractivity contribution is 6.00. The van der Waals surface area contributed by atoms with Crippen LogP contribution in [0.5, 0.6) is 5.75 Å². The normalized spacial score (nSPS) is 29.4. The van der Waals surface area contributed by atoms with E-state index in [1.165, 1.54) is 37.3 Å². The third-order valence-electron chi connectivity index (χ3n) is 6.88. The molecule has 3 heterocycles. The van der Waals surface area contributed by atoms with Crippen molar-refractivity contribution < 1.29 is 23.8 Å². The van der Waals surface area contributed by atoms with Gasteiger partial charge in [0, 0.05) is 37.7 Å². The molecule has 0 unspecified atom stereocenters. The molecule has 8 nitrogen and oxygen atoms in total. The van der Waals surface area contributed by atoms with E-state index in [9.17, 15) is 9.59 Å². The largest absolute Gasteiger partial charge is 0.490 e. The molecular weight excluding hydrogens is 398 g/mol. The first-order valence-electron chi connectivity index (χ1n) is 11.5. The van der Waals surface area contributed by atoms with Gasteiger partial charge in [0.2, 0.25) is 5.91 Å². The Morgan fingerprint density at radius 1 is 0.968 bits per heavy atom. The first-order chi connectivity index (χ1) is 15.2. The zero-order chi connectivity index (χ0) is 21.2. The highest BCUT2D eigenvalue weighted by atomic mass is 16.6. The summed E-state index contributed by atoms with van der Waals surface area (Å²) in [6, 6.07) is 7.46. The van der Waals surface area contributed by atoms with E-state index in [2.05, 4.69) is 4.90 Å². The van der Waals surface area contributed by atoms with Crippen molar-refractivity contribution in [2.45, 2.75) is 50.3 Å². The molecule has 0 aromatic heterocycles. The van der Waals surface area contributed by atoms with Crippen molar-refractivity contribution in [2.75, 3.05) is 50.9 Å². The number of piperidine rings is 1. The molecule has 3 aliphatic heterocycles. The van der Waals surface area contributed by atoms with Gasteiger partial charge in [-0.25, -0.2) is 4.79 Å². The van der Waals surface area contributed by atoms with Crippen molar-refractivity contribution in [3.8, 4) is 5.75 Å². The van der Waals surface area contributed by atoms with E-state index in [4.69, 9.17) is 14.2 Å². The minimum absolute atomic E-state index is 0.0766. The molecule has 1 aromatic carbocycles. The van der Waals surface area contributed by atoms with Gasteiger partial charge < -0.3 is 24.0 Å². The molecule has 8 heteroatoms. The summed E-state index contributed by atoms with van der Waals surface area (Å²) >= 11 is 0. The van der Waals surface area contributed by atoms with Gasteiger partial charge in [-0.15, -0.1) is 0 Å². The predicted octanol–water partition coefficient (Wildman–Crippen LogP) is 2.27. The number of morpholine rings is 1. The first-order valence-corrected chi connectivity index (χ1v) is 11.5. The van der Waals surface area contributed by atoms with Crippen LogP contribution in [0.4, 0.5) is 10.5 Å². The van der Waals surface area contributed by atoms with Crippen molar-refractivity contribution in [1.29, 1.82) is 0 Å². The Balaban J connectivity index is 1.18. The summed E-state index contributed by atoms with van der Waals surface area (Å²) < 4.78 is 16.7. The number of nitrogens with zero attached hydrogens (tertiary/aromatic N) is 3. The first kappa shape index (κ1) is 20.6. The summed E-state index contributed by atoms with van der Waals surface area (Å²) in [5.41, 5.74) is 0.654. The second-order valence-electron chi connectivity index (χ2n) is 8.86. The predicted molar refractivity (Wildman–Crippen MR) is 114 cm³/mol. The molecule has 1 saturated carbocycles. The Morgan fingerprint density at radius 2 is 1.68 bits per heavy atom. The fraction of sp³-hybridized carbons (Fsp3) is 0.652. The molecule has 0 radical (unpaired) electrons. The smallest absolute Gasteiger partial charge is 0.415 e. The van der Waals surface area contributed by atoms with Crippen LogP contribution in [0, 0.1) is 0 Å². The summed E-state index contributed by atoms with van der Waals surface area (Å²) in [5, 5.41) is 0. The SMILES string of the molecule is O=C([C@@H]1COC(=O)N1c1ccc(OC2CC(N3CCCCC3)C2)cc1)N1CCOCC1. The number of carbonyl (C=O) groups is 2. The highest BCUT2D eigenvalue weighted by Gasteiger charge is 2.41. The number of carbonyl (C=O) groups excluding carboxylic acids is 2. The molecule has 1 aromatic rings. The molecule has 5 rings (SSSR count). The van der Waals surface area contributed by atoms with E-state index in [0.29, 0.717) is 38.0 Å². The number of benzene rings is 1. The molecule has 0 spiro atoms. The highest BCUT2D eigenvalue weighted by Crippen LogP contribution is 2.33. The van der Waals surface area contributed by atoms with Gasteiger partial charge in [-0.1, -0.05) is 6.42 Å². The Kier molecular flexibility index (Phi) is 6.00. The van der Waals surface area contributed by atoms with Crippen LogP contribution in [0.25, 0.3) is 0 Å². The van der Waals surface area contributed by atoms with Crippen molar-refractivity contribution in [1.82, 2.24) is 9.80 Å². The van der Waals surface area contributed by atoms with Crippen LogP contribution in [0.2, 0.25) is 0 Å². The fourth-order valence-corrected chi connectivity index (χ4v) is 4.98. The maximum atomic E-state index is 12.9. The second kappa shape index (κ2) is 9.04. The molecule has 4 fully saturated rings. The summed E-state index contributed by atoms with van der Waals surface area (Å²) in [5.74, 6) is 0.710. The van der Waals surface area contributed by atoms with Gasteiger partial charge in [0.1, 0.15) is 18.5 Å². The number of cyclic esters (lactones) is 1. The van der Waals surface area contributed by atoms with Crippen molar-refractivity contribution >= 4 is 17.7 Å². The molecule has 1 atom stereocenters. The van der Waals surface area contributed by atoms with E-state index in [0.717, 1.165) is 18.6 Å². The average Bonchev–Trinajstić information content (AvgIpc) is 3.18. The van der Waals surface area contributed by atoms with Gasteiger partial charge in [-0.05, 0) is 50.2 Å². The lowest BCUT2D eigenvalue weighted by atomic mass is 9.86. The van der Waals surface area contributed by atoms with Crippen LogP contribution in [0.15, 0.2) is 24.3 Å². The van der Waals surface area contributed by atoms with Crippen LogP contribution in [0.1, 0.15) is 32.1 Å². The molecule has 168 valence electrons. The minimum Gasteiger partial charge on any atom is -0.490 e. The standard InChI is InChI=1S/C23H31N3O5/c27-22(25-10-12-29-13-11-25)21-16-30-23(28)26(21)17-4-6-19(7-5-17)31-20-14-18(15-20)24-8-2-1-3-9-24/h4-7,18,20-21H,1-3,8-16H2/t18?,20?,21-/m0/s1. The molecule has 3 saturated heterocycles. The monoisotopic (exact) mass is 429 g/mol. The van der Waals surface area contributed by atoms with E-state index in [1.807, 2.05) is 24.3 Å². The van der Waals surface area contributed by atoms with Crippen LogP contribution in [-0.2, 0) is 14.3 Å². The molecule has 2 amide bonds. The number of hydrogen-bond donors (Lipinski definition) is 0. The second-order valence-corrected chi connectivity index (χ2v) is 8.86. The zero-order valence-corrected chi connectivity index (χ0v) is 17.9. The lowest BCUT2D eigenvalue weighted by molar-refractivity contribution is -0.136. The van der Waals surface area contributed by atoms with Gasteiger partial charge in [-0.2, -0.15) is 0 Å². The van der Waals surface area contributed by atoms with Crippen LogP contribution < -0.4 is 9.64 Å². The van der Waals surface area contributed by atoms with E-state index in [1.54, 1.807) is 4.90 Å². The molecule has 0 bridgehead atoms. The fourth-order valence-electron chi connectivity index (χ4n) is 4.98. The number of hydrogen-bond acceptors (Lipinski definition) is 6. The van der Waals surface area contributed by atoms with Crippen LogP contribution in [-0.4, -0.2) is 86.0 Å². The Hall–Kier alpha value is -2.32.